The van der Waals surface area contributed by atoms with E-state index in [2.05, 4.69) is 23.1 Å². The lowest BCUT2D eigenvalue weighted by Gasteiger charge is -2.28. The fraction of sp³-hybridized carbons (Fsp3) is 0.500. The first-order chi connectivity index (χ1) is 8.79. The number of hydrogen-bond donors (Lipinski definition) is 1. The van der Waals surface area contributed by atoms with Gasteiger partial charge in [0.15, 0.2) is 0 Å². The van der Waals surface area contributed by atoms with Gasteiger partial charge in [-0.05, 0) is 39.0 Å². The molecule has 0 atom stereocenters. The number of rotatable bonds is 2. The predicted octanol–water partition coefficient (Wildman–Crippen LogP) is 1.80. The van der Waals surface area contributed by atoms with Crippen LogP contribution in [0.3, 0.4) is 0 Å². The van der Waals surface area contributed by atoms with Crippen LogP contribution in [-0.2, 0) is 6.73 Å². The molecule has 1 fully saturated rings. The van der Waals surface area contributed by atoms with Crippen molar-refractivity contribution in [1.29, 1.82) is 0 Å². The smallest absolute Gasteiger partial charge is 0.136 e. The first-order valence-electron chi connectivity index (χ1n) is 6.54. The number of fused-ring (bicyclic) bond motifs is 1. The fourth-order valence-corrected chi connectivity index (χ4v) is 2.84. The third-order valence-corrected chi connectivity index (χ3v) is 3.93. The van der Waals surface area contributed by atoms with Gasteiger partial charge < -0.3 is 10.0 Å². The van der Waals surface area contributed by atoms with Crippen LogP contribution in [0.5, 0.6) is 0 Å². The molecule has 2 aromatic rings. The molecule has 1 aromatic heterocycles. The third-order valence-electron chi connectivity index (χ3n) is 3.93. The van der Waals surface area contributed by atoms with E-state index in [1.165, 1.54) is 5.39 Å². The molecular formula is C14H19N3O. The first-order valence-corrected chi connectivity index (χ1v) is 6.54. The molecule has 0 radical (unpaired) electrons. The maximum absolute atomic E-state index is 9.38. The Hall–Kier alpha value is -1.39. The third kappa shape index (κ3) is 1.91. The van der Waals surface area contributed by atoms with Crippen LogP contribution in [0, 0.1) is 0 Å². The van der Waals surface area contributed by atoms with Crippen molar-refractivity contribution in [2.24, 2.45) is 0 Å². The fourth-order valence-electron chi connectivity index (χ4n) is 2.84. The van der Waals surface area contributed by atoms with Crippen LogP contribution in [-0.4, -0.2) is 39.9 Å². The van der Waals surface area contributed by atoms with Crippen LogP contribution >= 0.6 is 0 Å². The molecule has 0 saturated carbocycles. The molecule has 0 unspecified atom stereocenters. The molecule has 0 spiro atoms. The van der Waals surface area contributed by atoms with Crippen LogP contribution in [0.4, 0.5) is 0 Å². The molecule has 1 aliphatic heterocycles. The van der Waals surface area contributed by atoms with Crippen molar-refractivity contribution in [2.75, 3.05) is 20.1 Å². The highest BCUT2D eigenvalue weighted by molar-refractivity contribution is 5.82. The average Bonchev–Trinajstić information content (AvgIpc) is 2.79. The van der Waals surface area contributed by atoms with E-state index in [1.54, 1.807) is 4.68 Å². The Kier molecular flexibility index (Phi) is 3.06. The van der Waals surface area contributed by atoms with Crippen LogP contribution in [0.2, 0.25) is 0 Å². The summed E-state index contributed by atoms with van der Waals surface area (Å²) >= 11 is 0. The molecule has 0 aliphatic carbocycles. The lowest BCUT2D eigenvalue weighted by atomic mass is 9.92. The molecule has 96 valence electrons. The summed E-state index contributed by atoms with van der Waals surface area (Å²) in [7, 11) is 2.17. The Morgan fingerprint density at radius 3 is 2.72 bits per heavy atom. The summed E-state index contributed by atoms with van der Waals surface area (Å²) in [5.41, 5.74) is 2.20. The van der Waals surface area contributed by atoms with E-state index < -0.39 is 0 Å². The number of hydrogen-bond acceptors (Lipinski definition) is 3. The summed E-state index contributed by atoms with van der Waals surface area (Å²) in [4.78, 5) is 2.36. The number of aliphatic hydroxyl groups excluding tert-OH is 1. The van der Waals surface area contributed by atoms with Gasteiger partial charge in [-0.3, -0.25) is 0 Å². The second-order valence-electron chi connectivity index (χ2n) is 5.12. The zero-order valence-electron chi connectivity index (χ0n) is 10.7. The van der Waals surface area contributed by atoms with Gasteiger partial charge >= 0.3 is 0 Å². The summed E-state index contributed by atoms with van der Waals surface area (Å²) in [6, 6.07) is 8.18. The summed E-state index contributed by atoms with van der Waals surface area (Å²) in [5, 5.41) is 15.2. The zero-order valence-corrected chi connectivity index (χ0v) is 10.7. The van der Waals surface area contributed by atoms with Gasteiger partial charge in [0, 0.05) is 11.3 Å². The largest absolute Gasteiger partial charge is 0.374 e. The molecule has 1 N–H and O–H groups in total. The molecule has 0 amide bonds. The Balaban J connectivity index is 2.01. The highest BCUT2D eigenvalue weighted by Gasteiger charge is 2.23. The predicted molar refractivity (Wildman–Crippen MR) is 71.4 cm³/mol. The molecule has 4 heteroatoms. The van der Waals surface area contributed by atoms with Crippen LogP contribution in [0.15, 0.2) is 24.3 Å². The number of piperidine rings is 1. The second kappa shape index (κ2) is 4.71. The van der Waals surface area contributed by atoms with Gasteiger partial charge in [0.05, 0.1) is 11.2 Å². The number of likely N-dealkylation sites (tertiary alicyclic amines) is 1. The highest BCUT2D eigenvalue weighted by atomic mass is 16.3. The van der Waals surface area contributed by atoms with Gasteiger partial charge in [0.2, 0.25) is 0 Å². The normalized spacial score (nSPS) is 18.6. The number of aromatic nitrogens is 2. The van der Waals surface area contributed by atoms with E-state index in [-0.39, 0.29) is 6.73 Å². The summed E-state index contributed by atoms with van der Waals surface area (Å²) in [5.74, 6) is 0.527. The summed E-state index contributed by atoms with van der Waals surface area (Å²) in [6.07, 6.45) is 2.31. The Bertz CT molecular complexity index is 541. The van der Waals surface area contributed by atoms with Gasteiger partial charge in [0.1, 0.15) is 6.73 Å². The number of benzene rings is 1. The van der Waals surface area contributed by atoms with Crippen molar-refractivity contribution in [3.8, 4) is 0 Å². The minimum atomic E-state index is -0.0485. The molecule has 2 heterocycles. The SMILES string of the molecule is CN1CCC(c2nn(CO)c3ccccc23)CC1. The van der Waals surface area contributed by atoms with Crippen molar-refractivity contribution in [3.05, 3.63) is 30.0 Å². The van der Waals surface area contributed by atoms with E-state index in [9.17, 15) is 5.11 Å². The van der Waals surface area contributed by atoms with E-state index in [1.807, 2.05) is 18.2 Å². The highest BCUT2D eigenvalue weighted by Crippen LogP contribution is 2.31. The van der Waals surface area contributed by atoms with Crippen molar-refractivity contribution >= 4 is 10.9 Å². The monoisotopic (exact) mass is 245 g/mol. The van der Waals surface area contributed by atoms with Crippen LogP contribution in [0.1, 0.15) is 24.5 Å². The maximum atomic E-state index is 9.38. The minimum absolute atomic E-state index is 0.0485. The van der Waals surface area contributed by atoms with Crippen molar-refractivity contribution in [2.45, 2.75) is 25.5 Å². The molecule has 3 rings (SSSR count). The lowest BCUT2D eigenvalue weighted by molar-refractivity contribution is 0.198. The minimum Gasteiger partial charge on any atom is -0.374 e. The van der Waals surface area contributed by atoms with Crippen molar-refractivity contribution < 1.29 is 5.11 Å². The van der Waals surface area contributed by atoms with Gasteiger partial charge in [-0.25, -0.2) is 4.68 Å². The molecule has 18 heavy (non-hydrogen) atoms. The van der Waals surface area contributed by atoms with E-state index in [4.69, 9.17) is 0 Å². The molecule has 1 saturated heterocycles. The van der Waals surface area contributed by atoms with E-state index >= 15 is 0 Å². The standard InChI is InChI=1S/C14H19N3O/c1-16-8-6-11(7-9-16)14-12-4-2-3-5-13(12)17(10-18)15-14/h2-5,11,18H,6-10H2,1H3. The molecule has 1 aliphatic rings. The Morgan fingerprint density at radius 2 is 2.00 bits per heavy atom. The maximum Gasteiger partial charge on any atom is 0.136 e. The Labute approximate surface area is 107 Å². The lowest BCUT2D eigenvalue weighted by Crippen LogP contribution is -2.29. The molecule has 4 nitrogen and oxygen atoms in total. The van der Waals surface area contributed by atoms with Gasteiger partial charge in [-0.2, -0.15) is 5.10 Å². The first kappa shape index (κ1) is 11.7. The summed E-state index contributed by atoms with van der Waals surface area (Å²) < 4.78 is 1.70. The topological polar surface area (TPSA) is 41.3 Å². The Morgan fingerprint density at radius 1 is 1.28 bits per heavy atom. The second-order valence-corrected chi connectivity index (χ2v) is 5.12. The van der Waals surface area contributed by atoms with Crippen LogP contribution < -0.4 is 0 Å². The quantitative estimate of drug-likeness (QED) is 0.877. The van der Waals surface area contributed by atoms with Gasteiger partial charge in [-0.15, -0.1) is 0 Å². The number of aliphatic hydroxyl groups is 1. The molecule has 1 aromatic carbocycles. The molecular weight excluding hydrogens is 226 g/mol. The van der Waals surface area contributed by atoms with Gasteiger partial charge in [-0.1, -0.05) is 18.2 Å². The van der Waals surface area contributed by atoms with E-state index in [0.29, 0.717) is 5.92 Å². The number of para-hydroxylation sites is 1. The van der Waals surface area contributed by atoms with Crippen molar-refractivity contribution in [3.63, 3.8) is 0 Å². The average molecular weight is 245 g/mol. The summed E-state index contributed by atoms with van der Waals surface area (Å²) in [6.45, 7) is 2.21. The number of nitrogens with zero attached hydrogens (tertiary/aromatic N) is 3. The zero-order chi connectivity index (χ0) is 12.5. The van der Waals surface area contributed by atoms with Crippen molar-refractivity contribution in [1.82, 2.24) is 14.7 Å². The van der Waals surface area contributed by atoms with E-state index in [0.717, 1.165) is 37.1 Å². The van der Waals surface area contributed by atoms with Crippen LogP contribution in [0.25, 0.3) is 10.9 Å². The van der Waals surface area contributed by atoms with Gasteiger partial charge in [0.25, 0.3) is 0 Å². The molecule has 0 bridgehead atoms.